The van der Waals surface area contributed by atoms with E-state index in [0.29, 0.717) is 12.6 Å². The molecule has 0 aromatic rings. The zero-order valence-corrected chi connectivity index (χ0v) is 12.8. The predicted molar refractivity (Wildman–Crippen MR) is 75.9 cm³/mol. The number of rotatable bonds is 4. The van der Waals surface area contributed by atoms with Gasteiger partial charge in [-0.1, -0.05) is 6.42 Å². The summed E-state index contributed by atoms with van der Waals surface area (Å²) in [6.07, 6.45) is 6.21. The molecule has 2 fully saturated rings. The van der Waals surface area contributed by atoms with Crippen LogP contribution in [0.5, 0.6) is 0 Å². The Morgan fingerprint density at radius 2 is 1.95 bits per heavy atom. The van der Waals surface area contributed by atoms with Gasteiger partial charge in [0.2, 0.25) is 0 Å². The average molecular weight is 290 g/mol. The molecule has 19 heavy (non-hydrogen) atoms. The first-order valence-corrected chi connectivity index (χ1v) is 9.06. The second-order valence-corrected chi connectivity index (χ2v) is 8.17. The highest BCUT2D eigenvalue weighted by molar-refractivity contribution is 7.91. The summed E-state index contributed by atoms with van der Waals surface area (Å²) in [6.45, 7) is 2.21. The van der Waals surface area contributed by atoms with Crippen LogP contribution in [0, 0.1) is 0 Å². The average Bonchev–Trinajstić information content (AvgIpc) is 2.84. The number of methoxy groups -OCH3 is 1. The Morgan fingerprint density at radius 3 is 2.42 bits per heavy atom. The third-order valence-electron chi connectivity index (χ3n) is 4.95. The van der Waals surface area contributed by atoms with E-state index in [1.807, 2.05) is 0 Å². The van der Waals surface area contributed by atoms with Crippen molar-refractivity contribution in [2.75, 3.05) is 33.0 Å². The third-order valence-corrected chi connectivity index (χ3v) is 6.66. The number of hydrogen-bond acceptors (Lipinski definition) is 5. The molecule has 6 heteroatoms. The van der Waals surface area contributed by atoms with Gasteiger partial charge in [-0.2, -0.15) is 0 Å². The Hall–Kier alpha value is -0.170. The van der Waals surface area contributed by atoms with Gasteiger partial charge < -0.3 is 10.5 Å². The molecular weight excluding hydrogens is 264 g/mol. The summed E-state index contributed by atoms with van der Waals surface area (Å²) >= 11 is 0. The number of ether oxygens (including phenoxy) is 1. The van der Waals surface area contributed by atoms with E-state index in [0.717, 1.165) is 45.2 Å². The monoisotopic (exact) mass is 290 g/mol. The van der Waals surface area contributed by atoms with Crippen LogP contribution >= 0.6 is 0 Å². The maximum absolute atomic E-state index is 12.1. The van der Waals surface area contributed by atoms with Gasteiger partial charge in [0.15, 0.2) is 9.84 Å². The van der Waals surface area contributed by atoms with Crippen LogP contribution in [0.1, 0.15) is 32.1 Å². The largest absolute Gasteiger partial charge is 0.381 e. The van der Waals surface area contributed by atoms with E-state index in [2.05, 4.69) is 4.90 Å². The lowest BCUT2D eigenvalue weighted by Crippen LogP contribution is -2.62. The number of piperidine rings is 1. The van der Waals surface area contributed by atoms with E-state index in [4.69, 9.17) is 10.5 Å². The molecule has 1 saturated carbocycles. The molecule has 2 rings (SSSR count). The lowest BCUT2D eigenvalue weighted by atomic mass is 9.91. The lowest BCUT2D eigenvalue weighted by Gasteiger charge is -2.47. The van der Waals surface area contributed by atoms with Crippen LogP contribution in [-0.2, 0) is 14.6 Å². The molecule has 0 amide bonds. The van der Waals surface area contributed by atoms with E-state index < -0.39 is 9.84 Å². The highest BCUT2D eigenvalue weighted by Gasteiger charge is 2.51. The Bertz CT molecular complexity index is 404. The van der Waals surface area contributed by atoms with Gasteiger partial charge in [-0.05, 0) is 25.7 Å². The Kier molecular flexibility index (Phi) is 4.55. The normalized spacial score (nSPS) is 34.8. The molecule has 1 heterocycles. The summed E-state index contributed by atoms with van der Waals surface area (Å²) in [5.41, 5.74) is 5.68. The number of likely N-dealkylation sites (tertiary alicyclic amines) is 1. The van der Waals surface area contributed by atoms with Crippen molar-refractivity contribution >= 4 is 9.84 Å². The predicted octanol–water partition coefficient (Wildman–Crippen LogP) is 0.392. The smallest absolute Gasteiger partial charge is 0.152 e. The van der Waals surface area contributed by atoms with E-state index in [-0.39, 0.29) is 10.8 Å². The molecule has 1 aliphatic heterocycles. The number of nitrogens with zero attached hydrogens (tertiary/aromatic N) is 1. The van der Waals surface area contributed by atoms with Crippen LogP contribution in [0.15, 0.2) is 0 Å². The molecule has 1 saturated heterocycles. The highest BCUT2D eigenvalue weighted by atomic mass is 32.2. The molecule has 2 unspecified atom stereocenters. The lowest BCUT2D eigenvalue weighted by molar-refractivity contribution is 0.000848. The molecule has 0 spiro atoms. The van der Waals surface area contributed by atoms with Crippen molar-refractivity contribution in [3.05, 3.63) is 0 Å². The Balaban J connectivity index is 2.18. The van der Waals surface area contributed by atoms with Crippen molar-refractivity contribution in [2.45, 2.75) is 49.0 Å². The van der Waals surface area contributed by atoms with Crippen LogP contribution in [0.3, 0.4) is 0 Å². The molecule has 112 valence electrons. The minimum Gasteiger partial charge on any atom is -0.381 e. The maximum atomic E-state index is 12.1. The minimum atomic E-state index is -3.04. The molecule has 2 N–H and O–H groups in total. The fourth-order valence-corrected chi connectivity index (χ4v) is 5.65. The molecule has 0 radical (unpaired) electrons. The van der Waals surface area contributed by atoms with Crippen molar-refractivity contribution in [1.82, 2.24) is 4.90 Å². The van der Waals surface area contributed by atoms with Gasteiger partial charge in [0.25, 0.3) is 0 Å². The van der Waals surface area contributed by atoms with E-state index in [1.165, 1.54) is 6.26 Å². The van der Waals surface area contributed by atoms with Gasteiger partial charge in [0.05, 0.1) is 11.4 Å². The van der Waals surface area contributed by atoms with Crippen LogP contribution in [0.2, 0.25) is 0 Å². The minimum absolute atomic E-state index is 0.302. The van der Waals surface area contributed by atoms with E-state index >= 15 is 0 Å². The number of hydrogen-bond donors (Lipinski definition) is 1. The quantitative estimate of drug-likeness (QED) is 0.811. The van der Waals surface area contributed by atoms with Gasteiger partial charge in [-0.25, -0.2) is 8.42 Å². The van der Waals surface area contributed by atoms with E-state index in [1.54, 1.807) is 7.11 Å². The topological polar surface area (TPSA) is 72.6 Å². The molecule has 2 atom stereocenters. The van der Waals surface area contributed by atoms with Crippen LogP contribution < -0.4 is 5.73 Å². The van der Waals surface area contributed by atoms with Crippen LogP contribution in [-0.4, -0.2) is 63.2 Å². The van der Waals surface area contributed by atoms with Crippen molar-refractivity contribution in [3.8, 4) is 0 Å². The maximum Gasteiger partial charge on any atom is 0.152 e. The fraction of sp³-hybridized carbons (Fsp3) is 1.00. The third kappa shape index (κ3) is 2.82. The standard InChI is InChI=1S/C13H26N2O3S/c1-18-11-5-8-15(9-6-11)13(10-14)7-3-4-12(13)19(2,16)17/h11-12H,3-10,14H2,1-2H3. The second kappa shape index (κ2) is 5.68. The number of nitrogens with two attached hydrogens (primary N) is 1. The molecule has 2 aliphatic rings. The first-order valence-electron chi connectivity index (χ1n) is 7.11. The van der Waals surface area contributed by atoms with Crippen molar-refractivity contribution in [2.24, 2.45) is 5.73 Å². The summed E-state index contributed by atoms with van der Waals surface area (Å²) in [6, 6.07) is 0. The summed E-state index contributed by atoms with van der Waals surface area (Å²) in [4.78, 5) is 2.32. The zero-order valence-electron chi connectivity index (χ0n) is 12.0. The van der Waals surface area contributed by atoms with Crippen molar-refractivity contribution in [3.63, 3.8) is 0 Å². The fourth-order valence-electron chi connectivity index (χ4n) is 3.90. The van der Waals surface area contributed by atoms with Crippen molar-refractivity contribution in [1.29, 1.82) is 0 Å². The van der Waals surface area contributed by atoms with Gasteiger partial charge in [-0.3, -0.25) is 4.90 Å². The van der Waals surface area contributed by atoms with Gasteiger partial charge in [0.1, 0.15) is 0 Å². The molecule has 5 nitrogen and oxygen atoms in total. The van der Waals surface area contributed by atoms with Gasteiger partial charge in [0, 0.05) is 38.5 Å². The molecule has 0 bridgehead atoms. The highest BCUT2D eigenvalue weighted by Crippen LogP contribution is 2.40. The summed E-state index contributed by atoms with van der Waals surface area (Å²) in [5, 5.41) is -0.302. The number of sulfone groups is 1. The molecule has 0 aromatic heterocycles. The summed E-state index contributed by atoms with van der Waals surface area (Å²) < 4.78 is 29.5. The Labute approximate surface area is 116 Å². The van der Waals surface area contributed by atoms with Crippen LogP contribution in [0.25, 0.3) is 0 Å². The summed E-state index contributed by atoms with van der Waals surface area (Å²) in [7, 11) is -1.30. The first kappa shape index (κ1) is 15.2. The molecule has 1 aliphatic carbocycles. The first-order chi connectivity index (χ1) is 8.94. The molecule has 0 aromatic carbocycles. The van der Waals surface area contributed by atoms with E-state index in [9.17, 15) is 8.42 Å². The van der Waals surface area contributed by atoms with Crippen molar-refractivity contribution < 1.29 is 13.2 Å². The SMILES string of the molecule is COC1CCN(C2(CN)CCCC2S(C)(=O)=O)CC1. The summed E-state index contributed by atoms with van der Waals surface area (Å²) in [5.74, 6) is 0. The van der Waals surface area contributed by atoms with Crippen LogP contribution in [0.4, 0.5) is 0 Å². The zero-order chi connectivity index (χ0) is 14.1. The Morgan fingerprint density at radius 1 is 1.32 bits per heavy atom. The second-order valence-electron chi connectivity index (χ2n) is 5.94. The van der Waals surface area contributed by atoms with Gasteiger partial charge in [-0.15, -0.1) is 0 Å². The molecular formula is C13H26N2O3S. The van der Waals surface area contributed by atoms with Gasteiger partial charge >= 0.3 is 0 Å².